The largest absolute Gasteiger partial charge is 0.326 e. The topological polar surface area (TPSA) is 51.8 Å². The first-order chi connectivity index (χ1) is 6.79. The molecule has 2 aromatic heterocycles. The fourth-order valence-corrected chi connectivity index (χ4v) is 1.88. The monoisotopic (exact) mass is 205 g/mol. The van der Waals surface area contributed by atoms with Crippen LogP contribution in [0.25, 0.3) is 10.7 Å². The molecule has 0 aliphatic carbocycles. The minimum Gasteiger partial charge on any atom is -0.326 e. The van der Waals surface area contributed by atoms with Gasteiger partial charge in [-0.1, -0.05) is 6.07 Å². The number of hydrogen-bond acceptors (Lipinski definition) is 4. The van der Waals surface area contributed by atoms with Gasteiger partial charge < -0.3 is 5.73 Å². The first kappa shape index (κ1) is 9.30. The van der Waals surface area contributed by atoms with Crippen molar-refractivity contribution < 1.29 is 0 Å². The molecule has 4 heteroatoms. The highest BCUT2D eigenvalue weighted by Crippen LogP contribution is 2.22. The lowest BCUT2D eigenvalue weighted by atomic mass is 10.3. The molecule has 2 aromatic rings. The zero-order chi connectivity index (χ0) is 9.97. The van der Waals surface area contributed by atoms with Gasteiger partial charge >= 0.3 is 0 Å². The predicted molar refractivity (Wildman–Crippen MR) is 58.0 cm³/mol. The van der Waals surface area contributed by atoms with E-state index in [0.717, 1.165) is 21.1 Å². The Morgan fingerprint density at radius 2 is 2.14 bits per heavy atom. The van der Waals surface area contributed by atoms with E-state index in [2.05, 4.69) is 9.97 Å². The van der Waals surface area contributed by atoms with Gasteiger partial charge in [-0.3, -0.25) is 4.98 Å². The molecule has 0 spiro atoms. The maximum Gasteiger partial charge on any atom is 0.142 e. The van der Waals surface area contributed by atoms with Crippen molar-refractivity contribution in [2.45, 2.75) is 13.5 Å². The van der Waals surface area contributed by atoms with Crippen LogP contribution in [0.3, 0.4) is 0 Å². The summed E-state index contributed by atoms with van der Waals surface area (Å²) in [5, 5.41) is 0.936. The number of aryl methyl sites for hydroxylation is 1. The van der Waals surface area contributed by atoms with Gasteiger partial charge in [0, 0.05) is 23.8 Å². The van der Waals surface area contributed by atoms with Gasteiger partial charge in [0.15, 0.2) is 0 Å². The van der Waals surface area contributed by atoms with Gasteiger partial charge in [-0.2, -0.15) is 0 Å². The number of nitrogens with zero attached hydrogens (tertiary/aromatic N) is 2. The maximum absolute atomic E-state index is 5.52. The van der Waals surface area contributed by atoms with Gasteiger partial charge in [-0.25, -0.2) is 4.98 Å². The summed E-state index contributed by atoms with van der Waals surface area (Å²) in [6, 6.07) is 4.01. The molecule has 0 unspecified atom stereocenters. The molecule has 2 N–H and O–H groups in total. The van der Waals surface area contributed by atoms with Crippen molar-refractivity contribution in [2.75, 3.05) is 0 Å². The summed E-state index contributed by atoms with van der Waals surface area (Å²) in [7, 11) is 0. The van der Waals surface area contributed by atoms with Crippen molar-refractivity contribution in [3.05, 3.63) is 35.0 Å². The summed E-state index contributed by atoms with van der Waals surface area (Å²) < 4.78 is 0. The molecule has 2 heterocycles. The standard InChI is InChI=1S/C10H11N3S/c1-7-2-3-9(12-5-7)10-13-6-8(4-11)14-10/h2-3,5-6H,4,11H2,1H3. The fraction of sp³-hybridized carbons (Fsp3) is 0.200. The van der Waals surface area contributed by atoms with Crippen LogP contribution in [0.15, 0.2) is 24.5 Å². The van der Waals surface area contributed by atoms with Gasteiger partial charge in [0.25, 0.3) is 0 Å². The number of pyridine rings is 1. The Morgan fingerprint density at radius 3 is 2.71 bits per heavy atom. The maximum atomic E-state index is 5.52. The van der Waals surface area contributed by atoms with Crippen LogP contribution in [-0.4, -0.2) is 9.97 Å². The van der Waals surface area contributed by atoms with Crippen LogP contribution in [0.4, 0.5) is 0 Å². The Labute approximate surface area is 86.6 Å². The number of nitrogens with two attached hydrogens (primary N) is 1. The molecule has 0 aromatic carbocycles. The number of thiazole rings is 1. The van der Waals surface area contributed by atoms with E-state index in [-0.39, 0.29) is 0 Å². The fourth-order valence-electron chi connectivity index (χ4n) is 1.11. The molecule has 0 saturated carbocycles. The summed E-state index contributed by atoms with van der Waals surface area (Å²) in [6.07, 6.45) is 3.65. The molecule has 0 bridgehead atoms. The second kappa shape index (κ2) is 3.86. The van der Waals surface area contributed by atoms with E-state index in [9.17, 15) is 0 Å². The minimum absolute atomic E-state index is 0.545. The van der Waals surface area contributed by atoms with Gasteiger partial charge in [-0.05, 0) is 18.6 Å². The molecule has 14 heavy (non-hydrogen) atoms. The van der Waals surface area contributed by atoms with Gasteiger partial charge in [-0.15, -0.1) is 11.3 Å². The number of hydrogen-bond donors (Lipinski definition) is 1. The first-order valence-electron chi connectivity index (χ1n) is 4.37. The van der Waals surface area contributed by atoms with Crippen LogP contribution in [-0.2, 0) is 6.54 Å². The van der Waals surface area contributed by atoms with Gasteiger partial charge in [0.1, 0.15) is 5.01 Å². The van der Waals surface area contributed by atoms with Crippen LogP contribution in [0.2, 0.25) is 0 Å². The SMILES string of the molecule is Cc1ccc(-c2ncc(CN)s2)nc1. The lowest BCUT2D eigenvalue weighted by molar-refractivity contribution is 1.10. The summed E-state index contributed by atoms with van der Waals surface area (Å²) in [5.74, 6) is 0. The molecule has 0 atom stereocenters. The second-order valence-corrected chi connectivity index (χ2v) is 4.17. The highest BCUT2D eigenvalue weighted by Gasteiger charge is 2.03. The van der Waals surface area contributed by atoms with E-state index in [1.165, 1.54) is 0 Å². The lowest BCUT2D eigenvalue weighted by Crippen LogP contribution is -1.91. The van der Waals surface area contributed by atoms with Crippen LogP contribution < -0.4 is 5.73 Å². The first-order valence-corrected chi connectivity index (χ1v) is 5.19. The molecule has 0 saturated heterocycles. The molecule has 0 fully saturated rings. The second-order valence-electron chi connectivity index (χ2n) is 3.06. The molecule has 3 nitrogen and oxygen atoms in total. The summed E-state index contributed by atoms with van der Waals surface area (Å²) >= 11 is 1.59. The number of rotatable bonds is 2. The quantitative estimate of drug-likeness (QED) is 0.815. The molecular formula is C10H11N3S. The van der Waals surface area contributed by atoms with E-state index < -0.39 is 0 Å². The van der Waals surface area contributed by atoms with E-state index in [0.29, 0.717) is 6.54 Å². The van der Waals surface area contributed by atoms with Crippen LogP contribution in [0.5, 0.6) is 0 Å². The van der Waals surface area contributed by atoms with E-state index in [1.807, 2.05) is 31.5 Å². The zero-order valence-electron chi connectivity index (χ0n) is 7.90. The molecule has 72 valence electrons. The Balaban J connectivity index is 2.34. The molecule has 2 rings (SSSR count). The van der Waals surface area contributed by atoms with Crippen molar-refractivity contribution in [1.82, 2.24) is 9.97 Å². The Bertz CT molecular complexity index is 419. The third-order valence-corrected chi connectivity index (χ3v) is 2.93. The van der Waals surface area contributed by atoms with Crippen molar-refractivity contribution in [2.24, 2.45) is 5.73 Å². The van der Waals surface area contributed by atoms with Crippen molar-refractivity contribution in [3.63, 3.8) is 0 Å². The van der Waals surface area contributed by atoms with Crippen molar-refractivity contribution >= 4 is 11.3 Å². The van der Waals surface area contributed by atoms with Crippen molar-refractivity contribution in [3.8, 4) is 10.7 Å². The van der Waals surface area contributed by atoms with Gasteiger partial charge in [0.2, 0.25) is 0 Å². The Morgan fingerprint density at radius 1 is 1.29 bits per heavy atom. The van der Waals surface area contributed by atoms with E-state index >= 15 is 0 Å². The highest BCUT2D eigenvalue weighted by molar-refractivity contribution is 7.14. The Kier molecular flexibility index (Phi) is 2.56. The minimum atomic E-state index is 0.545. The predicted octanol–water partition coefficient (Wildman–Crippen LogP) is 1.97. The van der Waals surface area contributed by atoms with Crippen LogP contribution >= 0.6 is 11.3 Å². The zero-order valence-corrected chi connectivity index (χ0v) is 8.71. The molecular weight excluding hydrogens is 194 g/mol. The summed E-state index contributed by atoms with van der Waals surface area (Å²) in [5.41, 5.74) is 7.59. The summed E-state index contributed by atoms with van der Waals surface area (Å²) in [6.45, 7) is 2.56. The number of aromatic nitrogens is 2. The average molecular weight is 205 g/mol. The highest BCUT2D eigenvalue weighted by atomic mass is 32.1. The smallest absolute Gasteiger partial charge is 0.142 e. The molecule has 0 aliphatic rings. The summed E-state index contributed by atoms with van der Waals surface area (Å²) in [4.78, 5) is 9.65. The van der Waals surface area contributed by atoms with Crippen molar-refractivity contribution in [1.29, 1.82) is 0 Å². The van der Waals surface area contributed by atoms with Gasteiger partial charge in [0.05, 0.1) is 5.69 Å². The third kappa shape index (κ3) is 1.81. The van der Waals surface area contributed by atoms with E-state index in [1.54, 1.807) is 11.3 Å². The molecule has 0 aliphatic heterocycles. The molecule has 0 radical (unpaired) electrons. The molecule has 0 amide bonds. The lowest BCUT2D eigenvalue weighted by Gasteiger charge is -1.95. The average Bonchev–Trinajstić information content (AvgIpc) is 2.67. The Hall–Kier alpha value is -1.26. The van der Waals surface area contributed by atoms with Crippen LogP contribution in [0.1, 0.15) is 10.4 Å². The van der Waals surface area contributed by atoms with Crippen LogP contribution in [0, 0.1) is 6.92 Å². The normalized spacial score (nSPS) is 10.4. The van der Waals surface area contributed by atoms with E-state index in [4.69, 9.17) is 5.73 Å². The third-order valence-electron chi connectivity index (χ3n) is 1.89.